The fourth-order valence-electron chi connectivity index (χ4n) is 1.85. The summed E-state index contributed by atoms with van der Waals surface area (Å²) in [7, 11) is 0. The first kappa shape index (κ1) is 16.0. The number of aliphatic hydroxyl groups excluding tert-OH is 2. The van der Waals surface area contributed by atoms with Crippen molar-refractivity contribution in [1.29, 1.82) is 0 Å². The average Bonchev–Trinajstić information content (AvgIpc) is 2.43. The quantitative estimate of drug-likeness (QED) is 0.639. The molecule has 1 rings (SSSR count). The molecule has 0 saturated carbocycles. The van der Waals surface area contributed by atoms with Crippen molar-refractivity contribution in [1.82, 2.24) is 0 Å². The lowest BCUT2D eigenvalue weighted by atomic mass is 10.1. The summed E-state index contributed by atoms with van der Waals surface area (Å²) < 4.78 is 5.54. The van der Waals surface area contributed by atoms with Gasteiger partial charge in [0.1, 0.15) is 12.4 Å². The second-order valence-electron chi connectivity index (χ2n) is 4.77. The van der Waals surface area contributed by atoms with E-state index in [0.29, 0.717) is 18.7 Å². The highest BCUT2D eigenvalue weighted by molar-refractivity contribution is 5.29. The van der Waals surface area contributed by atoms with Gasteiger partial charge in [-0.3, -0.25) is 0 Å². The summed E-state index contributed by atoms with van der Waals surface area (Å²) >= 11 is 0. The van der Waals surface area contributed by atoms with Gasteiger partial charge in [0.25, 0.3) is 0 Å². The normalized spacial score (nSPS) is 14.1. The number of nitrogens with two attached hydrogens (primary N) is 1. The molecule has 0 amide bonds. The maximum atomic E-state index is 9.85. The van der Waals surface area contributed by atoms with Gasteiger partial charge in [-0.1, -0.05) is 31.9 Å². The Kier molecular flexibility index (Phi) is 7.48. The van der Waals surface area contributed by atoms with Gasteiger partial charge in [0, 0.05) is 0 Å². The van der Waals surface area contributed by atoms with Crippen molar-refractivity contribution in [2.24, 2.45) is 5.73 Å². The van der Waals surface area contributed by atoms with Gasteiger partial charge in [-0.15, -0.1) is 0 Å². The first-order chi connectivity index (χ1) is 9.17. The molecule has 0 fully saturated rings. The molecule has 1 aromatic carbocycles. The van der Waals surface area contributed by atoms with E-state index in [9.17, 15) is 10.2 Å². The van der Waals surface area contributed by atoms with Crippen LogP contribution in [0.5, 0.6) is 5.75 Å². The lowest BCUT2D eigenvalue weighted by molar-refractivity contribution is 0.0977. The Hall–Kier alpha value is -1.10. The Morgan fingerprint density at radius 3 is 2.74 bits per heavy atom. The molecule has 0 aromatic heterocycles. The summed E-state index contributed by atoms with van der Waals surface area (Å²) in [4.78, 5) is 0. The third-order valence-electron chi connectivity index (χ3n) is 3.02. The van der Waals surface area contributed by atoms with E-state index in [-0.39, 0.29) is 6.61 Å². The summed E-state index contributed by atoms with van der Waals surface area (Å²) in [6, 6.07) is 7.31. The molecule has 108 valence electrons. The van der Waals surface area contributed by atoms with E-state index < -0.39 is 12.2 Å². The Bertz CT molecular complexity index is 357. The minimum Gasteiger partial charge on any atom is -0.491 e. The molecule has 0 radical (unpaired) electrons. The highest BCUT2D eigenvalue weighted by atomic mass is 16.5. The Balaban J connectivity index is 2.48. The third kappa shape index (κ3) is 6.05. The predicted octanol–water partition coefficient (Wildman–Crippen LogP) is 2.00. The summed E-state index contributed by atoms with van der Waals surface area (Å²) in [5, 5.41) is 19.6. The first-order valence-electron chi connectivity index (χ1n) is 6.96. The lowest BCUT2D eigenvalue weighted by Crippen LogP contribution is -2.17. The predicted molar refractivity (Wildman–Crippen MR) is 76.1 cm³/mol. The zero-order valence-electron chi connectivity index (χ0n) is 11.6. The van der Waals surface area contributed by atoms with Crippen LogP contribution in [0.3, 0.4) is 0 Å². The van der Waals surface area contributed by atoms with Crippen LogP contribution in [0.25, 0.3) is 0 Å². The van der Waals surface area contributed by atoms with Gasteiger partial charge in [0.05, 0.1) is 12.2 Å². The molecule has 0 aliphatic rings. The van der Waals surface area contributed by atoms with Gasteiger partial charge in [0.15, 0.2) is 0 Å². The van der Waals surface area contributed by atoms with Crippen LogP contribution >= 0.6 is 0 Å². The van der Waals surface area contributed by atoms with Gasteiger partial charge in [-0.2, -0.15) is 0 Å². The number of benzene rings is 1. The number of unbranched alkanes of at least 4 members (excludes halogenated alkanes) is 1. The second-order valence-corrected chi connectivity index (χ2v) is 4.77. The van der Waals surface area contributed by atoms with Gasteiger partial charge in [-0.05, 0) is 37.1 Å². The van der Waals surface area contributed by atoms with Crippen molar-refractivity contribution in [3.05, 3.63) is 29.8 Å². The molecule has 19 heavy (non-hydrogen) atoms. The highest BCUT2D eigenvalue weighted by Gasteiger charge is 2.08. The molecule has 2 unspecified atom stereocenters. The van der Waals surface area contributed by atoms with Gasteiger partial charge < -0.3 is 20.7 Å². The van der Waals surface area contributed by atoms with Crippen LogP contribution < -0.4 is 10.5 Å². The lowest BCUT2D eigenvalue weighted by Gasteiger charge is -2.14. The Morgan fingerprint density at radius 2 is 2.05 bits per heavy atom. The monoisotopic (exact) mass is 267 g/mol. The molecule has 1 aromatic rings. The summed E-state index contributed by atoms with van der Waals surface area (Å²) in [6.45, 7) is 2.83. The molecule has 0 bridgehead atoms. The maximum Gasteiger partial charge on any atom is 0.119 e. The molecule has 0 heterocycles. The van der Waals surface area contributed by atoms with Crippen LogP contribution in [0.2, 0.25) is 0 Å². The van der Waals surface area contributed by atoms with Crippen molar-refractivity contribution < 1.29 is 14.9 Å². The number of hydrogen-bond acceptors (Lipinski definition) is 4. The fraction of sp³-hybridized carbons (Fsp3) is 0.600. The largest absolute Gasteiger partial charge is 0.491 e. The number of rotatable bonds is 9. The van der Waals surface area contributed by atoms with Gasteiger partial charge in [0.2, 0.25) is 0 Å². The molecule has 0 spiro atoms. The summed E-state index contributed by atoms with van der Waals surface area (Å²) in [5.74, 6) is 0.670. The van der Waals surface area contributed by atoms with Crippen LogP contribution in [-0.2, 0) is 0 Å². The smallest absolute Gasteiger partial charge is 0.119 e. The number of hydrogen-bond donors (Lipinski definition) is 3. The third-order valence-corrected chi connectivity index (χ3v) is 3.02. The van der Waals surface area contributed by atoms with Crippen LogP contribution in [0.15, 0.2) is 24.3 Å². The molecular formula is C15H25NO3. The molecule has 0 aliphatic carbocycles. The van der Waals surface area contributed by atoms with Gasteiger partial charge >= 0.3 is 0 Å². The van der Waals surface area contributed by atoms with E-state index in [0.717, 1.165) is 24.8 Å². The summed E-state index contributed by atoms with van der Waals surface area (Å²) in [5.41, 5.74) is 6.22. The van der Waals surface area contributed by atoms with Gasteiger partial charge in [-0.25, -0.2) is 0 Å². The zero-order chi connectivity index (χ0) is 14.1. The van der Waals surface area contributed by atoms with Crippen molar-refractivity contribution in [2.75, 3.05) is 13.2 Å². The SMILES string of the molecule is CCCCC(O)COc1cccc(C(O)CCN)c1. The highest BCUT2D eigenvalue weighted by Crippen LogP contribution is 2.21. The van der Waals surface area contributed by atoms with E-state index in [1.165, 1.54) is 0 Å². The van der Waals surface area contributed by atoms with Crippen LogP contribution in [0.1, 0.15) is 44.3 Å². The Morgan fingerprint density at radius 1 is 1.26 bits per heavy atom. The Labute approximate surface area is 115 Å². The van der Waals surface area contributed by atoms with E-state index in [2.05, 4.69) is 6.92 Å². The zero-order valence-corrected chi connectivity index (χ0v) is 11.6. The van der Waals surface area contributed by atoms with Crippen LogP contribution in [0.4, 0.5) is 0 Å². The summed E-state index contributed by atoms with van der Waals surface area (Å²) in [6.07, 6.45) is 2.36. The molecule has 4 nitrogen and oxygen atoms in total. The van der Waals surface area contributed by atoms with E-state index in [4.69, 9.17) is 10.5 Å². The molecule has 4 N–H and O–H groups in total. The molecular weight excluding hydrogens is 242 g/mol. The number of aliphatic hydroxyl groups is 2. The van der Waals surface area contributed by atoms with Crippen LogP contribution in [-0.4, -0.2) is 29.5 Å². The van der Waals surface area contributed by atoms with E-state index in [1.54, 1.807) is 6.07 Å². The van der Waals surface area contributed by atoms with E-state index >= 15 is 0 Å². The van der Waals surface area contributed by atoms with Crippen molar-refractivity contribution in [3.8, 4) is 5.75 Å². The minimum absolute atomic E-state index is 0.288. The molecule has 4 heteroatoms. The first-order valence-corrected chi connectivity index (χ1v) is 6.96. The van der Waals surface area contributed by atoms with Crippen molar-refractivity contribution in [3.63, 3.8) is 0 Å². The second kappa shape index (κ2) is 8.91. The van der Waals surface area contributed by atoms with Crippen molar-refractivity contribution >= 4 is 0 Å². The number of ether oxygens (including phenoxy) is 1. The van der Waals surface area contributed by atoms with E-state index in [1.807, 2.05) is 18.2 Å². The molecule has 0 saturated heterocycles. The molecule has 0 aliphatic heterocycles. The maximum absolute atomic E-state index is 9.85. The van der Waals surface area contributed by atoms with Crippen molar-refractivity contribution in [2.45, 2.75) is 44.8 Å². The molecule has 2 atom stereocenters. The standard InChI is InChI=1S/C15H25NO3/c1-2-3-6-13(17)11-19-14-7-4-5-12(10-14)15(18)8-9-16/h4-5,7,10,13,15,17-18H,2-3,6,8-9,11,16H2,1H3. The minimum atomic E-state index is -0.557. The topological polar surface area (TPSA) is 75.7 Å². The van der Waals surface area contributed by atoms with Crippen LogP contribution in [0, 0.1) is 0 Å². The average molecular weight is 267 g/mol. The fourth-order valence-corrected chi connectivity index (χ4v) is 1.85.